The molecule has 2 N–H and O–H groups in total. The highest BCUT2D eigenvalue weighted by atomic mass is 35.5. The van der Waals surface area contributed by atoms with E-state index in [4.69, 9.17) is 10.5 Å². The molecule has 1 aliphatic heterocycles. The first kappa shape index (κ1) is 19.9. The van der Waals surface area contributed by atoms with E-state index in [1.165, 1.54) is 0 Å². The number of rotatable bonds is 7. The molecular weight excluding hydrogens is 312 g/mol. The molecule has 5 heteroatoms. The highest BCUT2D eigenvalue weighted by Crippen LogP contribution is 2.15. The Hall–Kier alpha value is -1.10. The van der Waals surface area contributed by atoms with Gasteiger partial charge in [-0.1, -0.05) is 44.2 Å². The maximum Gasteiger partial charge on any atom is 0.239 e. The summed E-state index contributed by atoms with van der Waals surface area (Å²) >= 11 is 0. The van der Waals surface area contributed by atoms with E-state index in [2.05, 4.69) is 13.8 Å². The van der Waals surface area contributed by atoms with Crippen LogP contribution in [0.4, 0.5) is 0 Å². The van der Waals surface area contributed by atoms with Crippen LogP contribution in [0.15, 0.2) is 30.3 Å². The van der Waals surface area contributed by atoms with Crippen LogP contribution in [0.3, 0.4) is 0 Å². The number of hydrogen-bond acceptors (Lipinski definition) is 3. The third-order valence-electron chi connectivity index (χ3n) is 4.12. The Labute approximate surface area is 145 Å². The summed E-state index contributed by atoms with van der Waals surface area (Å²) < 4.78 is 5.86. The Morgan fingerprint density at radius 3 is 2.70 bits per heavy atom. The minimum absolute atomic E-state index is 0. The Balaban J connectivity index is 0.00000264. The third kappa shape index (κ3) is 6.50. The highest BCUT2D eigenvalue weighted by molar-refractivity contribution is 5.85. The zero-order chi connectivity index (χ0) is 15.9. The molecule has 0 bridgehead atoms. The molecule has 0 aromatic heterocycles. The van der Waals surface area contributed by atoms with Gasteiger partial charge in [0.25, 0.3) is 0 Å². The van der Waals surface area contributed by atoms with E-state index in [1.54, 1.807) is 0 Å². The summed E-state index contributed by atoms with van der Waals surface area (Å²) in [4.78, 5) is 14.3. The average Bonchev–Trinajstić information content (AvgIpc) is 2.96. The molecule has 1 heterocycles. The van der Waals surface area contributed by atoms with Crippen LogP contribution < -0.4 is 5.73 Å². The first-order chi connectivity index (χ1) is 10.6. The van der Waals surface area contributed by atoms with E-state index in [9.17, 15) is 4.79 Å². The molecule has 1 aliphatic rings. The molecule has 0 aliphatic carbocycles. The van der Waals surface area contributed by atoms with Gasteiger partial charge in [0.1, 0.15) is 0 Å². The van der Waals surface area contributed by atoms with Gasteiger partial charge in [0, 0.05) is 19.7 Å². The number of ether oxygens (including phenoxy) is 1. The molecule has 0 saturated carbocycles. The summed E-state index contributed by atoms with van der Waals surface area (Å²) in [5.41, 5.74) is 7.19. The molecule has 2 atom stereocenters. The van der Waals surface area contributed by atoms with Gasteiger partial charge in [0.05, 0.1) is 12.1 Å². The lowest BCUT2D eigenvalue weighted by Crippen LogP contribution is -2.44. The van der Waals surface area contributed by atoms with Crippen molar-refractivity contribution in [3.8, 4) is 0 Å². The quantitative estimate of drug-likeness (QED) is 0.830. The van der Waals surface area contributed by atoms with Crippen molar-refractivity contribution >= 4 is 18.3 Å². The number of nitrogens with zero attached hydrogens (tertiary/aromatic N) is 1. The smallest absolute Gasteiger partial charge is 0.239 e. The Bertz CT molecular complexity index is 467. The fraction of sp³-hybridized carbons (Fsp3) is 0.611. The summed E-state index contributed by atoms with van der Waals surface area (Å²) in [6, 6.07) is 9.47. The summed E-state index contributed by atoms with van der Waals surface area (Å²) in [6.45, 7) is 6.60. The van der Waals surface area contributed by atoms with Gasteiger partial charge in [-0.3, -0.25) is 4.79 Å². The molecule has 1 aromatic carbocycles. The predicted molar refractivity (Wildman–Crippen MR) is 95.8 cm³/mol. The summed E-state index contributed by atoms with van der Waals surface area (Å²) in [7, 11) is 0. The van der Waals surface area contributed by atoms with Gasteiger partial charge in [-0.25, -0.2) is 0 Å². The summed E-state index contributed by atoms with van der Waals surface area (Å²) in [5.74, 6) is 0.692. The van der Waals surface area contributed by atoms with Gasteiger partial charge in [0.15, 0.2) is 0 Å². The number of nitrogens with two attached hydrogens (primary N) is 1. The van der Waals surface area contributed by atoms with Gasteiger partial charge in [-0.2, -0.15) is 0 Å². The number of likely N-dealkylation sites (tertiary alicyclic amines) is 1. The molecule has 1 amide bonds. The van der Waals surface area contributed by atoms with E-state index in [-0.39, 0.29) is 24.4 Å². The van der Waals surface area contributed by atoms with Gasteiger partial charge < -0.3 is 15.4 Å². The topological polar surface area (TPSA) is 55.6 Å². The molecular formula is C18H29ClN2O2. The molecule has 130 valence electrons. The van der Waals surface area contributed by atoms with Crippen LogP contribution in [-0.2, 0) is 16.0 Å². The normalized spacial score (nSPS) is 18.8. The molecule has 2 rings (SSSR count). The number of benzene rings is 1. The second-order valence-corrected chi connectivity index (χ2v) is 6.54. The van der Waals surface area contributed by atoms with E-state index in [1.807, 2.05) is 35.2 Å². The average molecular weight is 341 g/mol. The SMILES string of the molecule is CC(C)CCOC1CCN(C(=O)[C@@H](N)Cc2ccccc2)C1.Cl. The molecule has 1 saturated heterocycles. The highest BCUT2D eigenvalue weighted by Gasteiger charge is 2.29. The zero-order valence-electron chi connectivity index (χ0n) is 14.1. The van der Waals surface area contributed by atoms with Crippen LogP contribution in [0, 0.1) is 5.92 Å². The molecule has 0 spiro atoms. The summed E-state index contributed by atoms with van der Waals surface area (Å²) in [5, 5.41) is 0. The molecule has 4 nitrogen and oxygen atoms in total. The van der Waals surface area contributed by atoms with Gasteiger partial charge >= 0.3 is 0 Å². The fourth-order valence-electron chi connectivity index (χ4n) is 2.72. The second-order valence-electron chi connectivity index (χ2n) is 6.54. The Morgan fingerprint density at radius 2 is 2.04 bits per heavy atom. The molecule has 1 fully saturated rings. The summed E-state index contributed by atoms with van der Waals surface area (Å²) in [6.07, 6.45) is 2.75. The number of halogens is 1. The van der Waals surface area contributed by atoms with Crippen molar-refractivity contribution in [1.29, 1.82) is 0 Å². The largest absolute Gasteiger partial charge is 0.376 e. The minimum atomic E-state index is -0.461. The standard InChI is InChI=1S/C18H28N2O2.ClH/c1-14(2)9-11-22-16-8-10-20(13-16)18(21)17(19)12-15-6-4-3-5-7-15;/h3-7,14,16-17H,8-13,19H2,1-2H3;1H/t16?,17-;/m0./s1. The van der Waals surface area contributed by atoms with Gasteiger partial charge in [0.2, 0.25) is 5.91 Å². The maximum atomic E-state index is 12.4. The fourth-order valence-corrected chi connectivity index (χ4v) is 2.72. The molecule has 0 radical (unpaired) electrons. The lowest BCUT2D eigenvalue weighted by Gasteiger charge is -2.21. The molecule has 1 unspecified atom stereocenters. The van der Waals surface area contributed by atoms with Crippen molar-refractivity contribution in [3.05, 3.63) is 35.9 Å². The van der Waals surface area contributed by atoms with Crippen molar-refractivity contribution in [3.63, 3.8) is 0 Å². The number of carbonyl (C=O) groups excluding carboxylic acids is 1. The van der Waals surface area contributed by atoms with E-state index < -0.39 is 6.04 Å². The van der Waals surface area contributed by atoms with Crippen molar-refractivity contribution < 1.29 is 9.53 Å². The third-order valence-corrected chi connectivity index (χ3v) is 4.12. The first-order valence-electron chi connectivity index (χ1n) is 8.26. The number of carbonyl (C=O) groups is 1. The van der Waals surface area contributed by atoms with Gasteiger partial charge in [-0.05, 0) is 30.7 Å². The number of hydrogen-bond donors (Lipinski definition) is 1. The van der Waals surface area contributed by atoms with Crippen LogP contribution in [-0.4, -0.2) is 42.6 Å². The Morgan fingerprint density at radius 1 is 1.35 bits per heavy atom. The van der Waals surface area contributed by atoms with Crippen LogP contribution >= 0.6 is 12.4 Å². The monoisotopic (exact) mass is 340 g/mol. The van der Waals surface area contributed by atoms with Crippen molar-refractivity contribution in [2.24, 2.45) is 11.7 Å². The van der Waals surface area contributed by atoms with Crippen LogP contribution in [0.5, 0.6) is 0 Å². The maximum absolute atomic E-state index is 12.4. The lowest BCUT2D eigenvalue weighted by atomic mass is 10.1. The van der Waals surface area contributed by atoms with E-state index in [0.717, 1.165) is 31.6 Å². The first-order valence-corrected chi connectivity index (χ1v) is 8.26. The number of amides is 1. The predicted octanol–water partition coefficient (Wildman–Crippen LogP) is 2.64. The molecule has 1 aromatic rings. The minimum Gasteiger partial charge on any atom is -0.376 e. The van der Waals surface area contributed by atoms with Gasteiger partial charge in [-0.15, -0.1) is 12.4 Å². The van der Waals surface area contributed by atoms with Crippen LogP contribution in [0.2, 0.25) is 0 Å². The van der Waals surface area contributed by atoms with Crippen molar-refractivity contribution in [2.45, 2.75) is 45.3 Å². The Kier molecular flexibility index (Phi) is 8.59. The van der Waals surface area contributed by atoms with E-state index >= 15 is 0 Å². The lowest BCUT2D eigenvalue weighted by molar-refractivity contribution is -0.132. The second kappa shape index (κ2) is 9.91. The molecule has 23 heavy (non-hydrogen) atoms. The van der Waals surface area contributed by atoms with Crippen LogP contribution in [0.1, 0.15) is 32.3 Å². The van der Waals surface area contributed by atoms with Crippen LogP contribution in [0.25, 0.3) is 0 Å². The van der Waals surface area contributed by atoms with Crippen molar-refractivity contribution in [2.75, 3.05) is 19.7 Å². The van der Waals surface area contributed by atoms with E-state index in [0.29, 0.717) is 18.9 Å². The van der Waals surface area contributed by atoms with Crippen molar-refractivity contribution in [1.82, 2.24) is 4.90 Å². The zero-order valence-corrected chi connectivity index (χ0v) is 14.9.